The van der Waals surface area contributed by atoms with Gasteiger partial charge >= 0.3 is 6.09 Å². The Labute approximate surface area is 205 Å². The molecule has 0 unspecified atom stereocenters. The molecule has 1 heterocycles. The fraction of sp³-hybridized carbons (Fsp3) is 0.385. The maximum absolute atomic E-state index is 13.1. The van der Waals surface area contributed by atoms with Gasteiger partial charge in [-0.05, 0) is 69.2 Å². The Morgan fingerprint density at radius 1 is 1.18 bits per heavy atom. The lowest BCUT2D eigenvalue weighted by molar-refractivity contribution is -0.130. The van der Waals surface area contributed by atoms with E-state index in [1.165, 1.54) is 18.2 Å². The number of nitrogens with zero attached hydrogens (tertiary/aromatic N) is 2. The summed E-state index contributed by atoms with van der Waals surface area (Å²) < 4.78 is 18.5. The summed E-state index contributed by atoms with van der Waals surface area (Å²) in [5.74, 6) is -0.350. The second-order valence-electron chi connectivity index (χ2n) is 9.43. The zero-order chi connectivity index (χ0) is 24.9. The van der Waals surface area contributed by atoms with Crippen molar-refractivity contribution in [1.82, 2.24) is 9.80 Å². The molecule has 3 rings (SSSR count). The number of hydrogen-bond donors (Lipinski definition) is 1. The predicted molar refractivity (Wildman–Crippen MR) is 133 cm³/mol. The molecule has 2 amide bonds. The summed E-state index contributed by atoms with van der Waals surface area (Å²) in [5, 5.41) is 3.16. The molecule has 2 aromatic carbocycles. The molecule has 6 nitrogen and oxygen atoms in total. The highest BCUT2D eigenvalue weighted by Crippen LogP contribution is 2.24. The summed E-state index contributed by atoms with van der Waals surface area (Å²) >= 11 is 6.10. The fourth-order valence-electron chi connectivity index (χ4n) is 3.80. The summed E-state index contributed by atoms with van der Waals surface area (Å²) in [5.41, 5.74) is 1.51. The van der Waals surface area contributed by atoms with Gasteiger partial charge in [0.15, 0.2) is 0 Å². The molecule has 0 spiro atoms. The first-order chi connectivity index (χ1) is 16.0. The lowest BCUT2D eigenvalue weighted by Crippen LogP contribution is -2.53. The van der Waals surface area contributed by atoms with Gasteiger partial charge in [0.2, 0.25) is 5.91 Å². The van der Waals surface area contributed by atoms with Gasteiger partial charge in [-0.3, -0.25) is 15.0 Å². The molecule has 0 aromatic heterocycles. The van der Waals surface area contributed by atoms with Crippen molar-refractivity contribution in [3.63, 3.8) is 0 Å². The molecule has 182 valence electrons. The van der Waals surface area contributed by atoms with E-state index in [0.29, 0.717) is 29.4 Å². The van der Waals surface area contributed by atoms with Crippen LogP contribution in [0.5, 0.6) is 0 Å². The molecule has 1 aliphatic rings. The average Bonchev–Trinajstić information content (AvgIpc) is 2.73. The predicted octanol–water partition coefficient (Wildman–Crippen LogP) is 5.57. The first-order valence-electron chi connectivity index (χ1n) is 11.3. The lowest BCUT2D eigenvalue weighted by atomic mass is 10.1. The lowest BCUT2D eigenvalue weighted by Gasteiger charge is -2.39. The van der Waals surface area contributed by atoms with E-state index in [2.05, 4.69) is 10.2 Å². The van der Waals surface area contributed by atoms with Crippen LogP contribution in [0.15, 0.2) is 48.5 Å². The third-order valence-electron chi connectivity index (χ3n) is 5.37. The van der Waals surface area contributed by atoms with Crippen molar-refractivity contribution in [3.8, 4) is 0 Å². The molecule has 1 saturated heterocycles. The number of hydrogen-bond acceptors (Lipinski definition) is 4. The summed E-state index contributed by atoms with van der Waals surface area (Å²) in [6.07, 6.45) is 2.58. The molecule has 0 saturated carbocycles. The van der Waals surface area contributed by atoms with E-state index in [0.717, 1.165) is 18.7 Å². The fourth-order valence-corrected chi connectivity index (χ4v) is 3.98. The maximum Gasteiger partial charge on any atom is 0.412 e. The van der Waals surface area contributed by atoms with Crippen LogP contribution in [-0.2, 0) is 16.1 Å². The van der Waals surface area contributed by atoms with Crippen LogP contribution in [0, 0.1) is 5.82 Å². The largest absolute Gasteiger partial charge is 0.444 e. The number of piperazine rings is 1. The number of anilines is 1. The first-order valence-corrected chi connectivity index (χ1v) is 11.6. The topological polar surface area (TPSA) is 61.9 Å². The molecular weight excluding hydrogens is 457 g/mol. The van der Waals surface area contributed by atoms with E-state index in [1.54, 1.807) is 57.2 Å². The number of carbonyl (C=O) groups is 2. The van der Waals surface area contributed by atoms with Gasteiger partial charge in [-0.2, -0.15) is 0 Å². The number of halogens is 2. The quantitative estimate of drug-likeness (QED) is 0.560. The monoisotopic (exact) mass is 487 g/mol. The van der Waals surface area contributed by atoms with Crippen LogP contribution in [-0.4, -0.2) is 53.1 Å². The van der Waals surface area contributed by atoms with E-state index in [-0.39, 0.29) is 17.8 Å². The molecule has 0 bridgehead atoms. The Hall–Kier alpha value is -2.90. The van der Waals surface area contributed by atoms with Crippen LogP contribution in [0.4, 0.5) is 14.9 Å². The molecule has 0 aliphatic carbocycles. The van der Waals surface area contributed by atoms with Crippen LogP contribution in [0.1, 0.15) is 38.8 Å². The Balaban J connectivity index is 1.62. The molecule has 34 heavy (non-hydrogen) atoms. The summed E-state index contributed by atoms with van der Waals surface area (Å²) in [6, 6.07) is 11.6. The van der Waals surface area contributed by atoms with Crippen LogP contribution in [0.3, 0.4) is 0 Å². The van der Waals surface area contributed by atoms with Crippen molar-refractivity contribution in [2.45, 2.75) is 45.9 Å². The van der Waals surface area contributed by atoms with E-state index in [4.69, 9.17) is 16.3 Å². The molecular formula is C26H31ClFN3O3. The highest BCUT2D eigenvalue weighted by Gasteiger charge is 2.26. The minimum Gasteiger partial charge on any atom is -0.444 e. The van der Waals surface area contributed by atoms with Crippen molar-refractivity contribution in [2.24, 2.45) is 0 Å². The van der Waals surface area contributed by atoms with Gasteiger partial charge in [-0.15, -0.1) is 0 Å². The summed E-state index contributed by atoms with van der Waals surface area (Å²) in [7, 11) is 0. The van der Waals surface area contributed by atoms with E-state index in [9.17, 15) is 14.0 Å². The zero-order valence-corrected chi connectivity index (χ0v) is 20.7. The van der Waals surface area contributed by atoms with Crippen LogP contribution in [0.2, 0.25) is 5.02 Å². The number of carbonyl (C=O) groups excluding carboxylic acids is 2. The van der Waals surface area contributed by atoms with E-state index in [1.807, 2.05) is 11.8 Å². The van der Waals surface area contributed by atoms with Gasteiger partial charge in [0.05, 0.1) is 5.69 Å². The third-order valence-corrected chi connectivity index (χ3v) is 5.61. The Bertz CT molecular complexity index is 1050. The molecule has 1 aliphatic heterocycles. The standard InChI is InChI=1S/C26H31ClFN3O3/c1-18-16-30(17-19-5-10-22(28)11-6-19)13-14-31(18)24(32)12-8-20-7-9-21(27)15-23(20)29-25(33)34-26(2,3)4/h5-12,15,18H,13-14,16-17H2,1-4H3,(H,29,33)/b12-8+/t18-/m1/s1. The van der Waals surface area contributed by atoms with E-state index >= 15 is 0 Å². The zero-order valence-electron chi connectivity index (χ0n) is 20.0. The molecule has 1 N–H and O–H groups in total. The normalized spacial score (nSPS) is 17.1. The number of benzene rings is 2. The smallest absolute Gasteiger partial charge is 0.412 e. The van der Waals surface area contributed by atoms with Crippen LogP contribution < -0.4 is 5.32 Å². The number of ether oxygens (including phenoxy) is 1. The van der Waals surface area contributed by atoms with Crippen molar-refractivity contribution in [3.05, 3.63) is 70.5 Å². The Morgan fingerprint density at radius 3 is 2.53 bits per heavy atom. The second-order valence-corrected chi connectivity index (χ2v) is 9.87. The Kier molecular flexibility index (Phi) is 8.33. The van der Waals surface area contributed by atoms with Crippen molar-refractivity contribution >= 4 is 35.4 Å². The van der Waals surface area contributed by atoms with Gasteiger partial charge in [-0.25, -0.2) is 9.18 Å². The SMILES string of the molecule is C[C@@H]1CN(Cc2ccc(F)cc2)CCN1C(=O)/C=C/c1ccc(Cl)cc1NC(=O)OC(C)(C)C. The molecule has 1 atom stereocenters. The van der Waals surface area contributed by atoms with Crippen molar-refractivity contribution < 1.29 is 18.7 Å². The molecule has 0 radical (unpaired) electrons. The van der Waals surface area contributed by atoms with Crippen LogP contribution in [0.25, 0.3) is 6.08 Å². The van der Waals surface area contributed by atoms with Gasteiger partial charge in [0, 0.05) is 43.3 Å². The minimum absolute atomic E-state index is 0.0240. The molecule has 2 aromatic rings. The number of amides is 2. The Morgan fingerprint density at radius 2 is 1.88 bits per heavy atom. The van der Waals surface area contributed by atoms with Crippen molar-refractivity contribution in [2.75, 3.05) is 25.0 Å². The summed E-state index contributed by atoms with van der Waals surface area (Å²) in [6.45, 7) is 10.1. The highest BCUT2D eigenvalue weighted by molar-refractivity contribution is 6.31. The van der Waals surface area contributed by atoms with Crippen molar-refractivity contribution in [1.29, 1.82) is 0 Å². The molecule has 1 fully saturated rings. The van der Waals surface area contributed by atoms with E-state index < -0.39 is 11.7 Å². The number of rotatable bonds is 5. The van der Waals surface area contributed by atoms with Gasteiger partial charge in [0.25, 0.3) is 0 Å². The van der Waals surface area contributed by atoms with Crippen LogP contribution >= 0.6 is 11.6 Å². The van der Waals surface area contributed by atoms with Gasteiger partial charge < -0.3 is 9.64 Å². The average molecular weight is 488 g/mol. The van der Waals surface area contributed by atoms with Gasteiger partial charge in [0.1, 0.15) is 11.4 Å². The first kappa shape index (κ1) is 25.7. The third kappa shape index (κ3) is 7.57. The maximum atomic E-state index is 13.1. The number of nitrogens with one attached hydrogen (secondary N) is 1. The highest BCUT2D eigenvalue weighted by atomic mass is 35.5. The molecule has 8 heteroatoms. The second kappa shape index (κ2) is 11.0. The minimum atomic E-state index is -0.635. The van der Waals surface area contributed by atoms with Gasteiger partial charge in [-0.1, -0.05) is 29.8 Å². The summed E-state index contributed by atoms with van der Waals surface area (Å²) in [4.78, 5) is 29.2.